The zero-order valence-electron chi connectivity index (χ0n) is 14.8. The SMILES string of the molecule is N#Cc1cc(F)ccc1C1=CC2CCC(C1)N2C(=O)OCc1ccccc1. The Kier molecular flexibility index (Phi) is 4.64. The molecule has 0 aliphatic carbocycles. The fourth-order valence-corrected chi connectivity index (χ4v) is 4.00. The molecule has 0 N–H and O–H groups in total. The van der Waals surface area contributed by atoms with Gasteiger partial charge in [-0.3, -0.25) is 4.90 Å². The molecule has 2 bridgehead atoms. The number of halogens is 1. The number of nitriles is 1. The van der Waals surface area contributed by atoms with Gasteiger partial charge in [0, 0.05) is 6.04 Å². The van der Waals surface area contributed by atoms with E-state index in [1.54, 1.807) is 6.07 Å². The number of hydrogen-bond donors (Lipinski definition) is 0. The van der Waals surface area contributed by atoms with Gasteiger partial charge in [0.15, 0.2) is 0 Å². The third-order valence-electron chi connectivity index (χ3n) is 5.26. The van der Waals surface area contributed by atoms with Crippen LogP contribution in [0.3, 0.4) is 0 Å². The third-order valence-corrected chi connectivity index (χ3v) is 5.26. The van der Waals surface area contributed by atoms with Gasteiger partial charge < -0.3 is 4.74 Å². The molecular weight excluding hydrogens is 343 g/mol. The van der Waals surface area contributed by atoms with Crippen LogP contribution in [-0.2, 0) is 11.3 Å². The van der Waals surface area contributed by atoms with E-state index in [1.165, 1.54) is 12.1 Å². The smallest absolute Gasteiger partial charge is 0.410 e. The summed E-state index contributed by atoms with van der Waals surface area (Å²) in [6.45, 7) is 0.253. The molecule has 4 nitrogen and oxygen atoms in total. The van der Waals surface area contributed by atoms with Gasteiger partial charge in [-0.1, -0.05) is 42.5 Å². The van der Waals surface area contributed by atoms with E-state index in [4.69, 9.17) is 4.74 Å². The lowest BCUT2D eigenvalue weighted by Crippen LogP contribution is -2.43. The molecule has 2 aromatic carbocycles. The van der Waals surface area contributed by atoms with Crippen molar-refractivity contribution in [1.82, 2.24) is 4.90 Å². The number of rotatable bonds is 3. The van der Waals surface area contributed by atoms with E-state index in [9.17, 15) is 14.4 Å². The van der Waals surface area contributed by atoms with E-state index >= 15 is 0 Å². The molecular formula is C22H19FN2O2. The first kappa shape index (κ1) is 17.3. The molecule has 4 rings (SSSR count). The van der Waals surface area contributed by atoms with Crippen LogP contribution in [0.15, 0.2) is 54.6 Å². The normalized spacial score (nSPS) is 20.7. The zero-order valence-corrected chi connectivity index (χ0v) is 14.8. The van der Waals surface area contributed by atoms with Crippen molar-refractivity contribution in [2.75, 3.05) is 0 Å². The monoisotopic (exact) mass is 362 g/mol. The average Bonchev–Trinajstić information content (AvgIpc) is 2.96. The molecule has 1 saturated heterocycles. The number of amides is 1. The minimum atomic E-state index is -0.416. The van der Waals surface area contributed by atoms with Gasteiger partial charge in [0.05, 0.1) is 17.7 Å². The van der Waals surface area contributed by atoms with Gasteiger partial charge in [-0.05, 0) is 48.1 Å². The van der Waals surface area contributed by atoms with Crippen molar-refractivity contribution in [2.24, 2.45) is 0 Å². The molecule has 2 heterocycles. The Morgan fingerprint density at radius 3 is 2.78 bits per heavy atom. The molecule has 2 aliphatic rings. The molecule has 2 atom stereocenters. The van der Waals surface area contributed by atoms with Crippen LogP contribution in [-0.4, -0.2) is 23.1 Å². The maximum Gasteiger partial charge on any atom is 0.410 e. The van der Waals surface area contributed by atoms with E-state index in [0.29, 0.717) is 12.0 Å². The number of carbonyl (C=O) groups excluding carboxylic acids is 1. The van der Waals surface area contributed by atoms with Crippen molar-refractivity contribution >= 4 is 11.7 Å². The molecule has 0 aromatic heterocycles. The molecule has 2 unspecified atom stereocenters. The molecule has 0 saturated carbocycles. The fourth-order valence-electron chi connectivity index (χ4n) is 4.00. The minimum absolute atomic E-state index is 0.0429. The summed E-state index contributed by atoms with van der Waals surface area (Å²) in [6, 6.07) is 16.0. The van der Waals surface area contributed by atoms with Crippen LogP contribution >= 0.6 is 0 Å². The van der Waals surface area contributed by atoms with Crippen LogP contribution in [0.1, 0.15) is 36.0 Å². The highest BCUT2D eigenvalue weighted by Gasteiger charge is 2.40. The molecule has 0 radical (unpaired) electrons. The van der Waals surface area contributed by atoms with Crippen molar-refractivity contribution in [1.29, 1.82) is 5.26 Å². The lowest BCUT2D eigenvalue weighted by Gasteiger charge is -2.33. The first-order valence-electron chi connectivity index (χ1n) is 9.05. The van der Waals surface area contributed by atoms with E-state index in [2.05, 4.69) is 6.07 Å². The summed E-state index contributed by atoms with van der Waals surface area (Å²) in [6.07, 6.45) is 4.14. The summed E-state index contributed by atoms with van der Waals surface area (Å²) in [5.41, 5.74) is 3.05. The van der Waals surface area contributed by atoms with E-state index in [0.717, 1.165) is 29.5 Å². The summed E-state index contributed by atoms with van der Waals surface area (Å²) in [5, 5.41) is 9.31. The molecule has 2 aliphatic heterocycles. The second-order valence-electron chi connectivity index (χ2n) is 6.94. The second kappa shape index (κ2) is 7.24. The Balaban J connectivity index is 1.51. The van der Waals surface area contributed by atoms with Crippen molar-refractivity contribution in [3.63, 3.8) is 0 Å². The maximum atomic E-state index is 13.4. The van der Waals surface area contributed by atoms with Crippen molar-refractivity contribution in [3.05, 3.63) is 77.1 Å². The van der Waals surface area contributed by atoms with Crippen LogP contribution in [0, 0.1) is 17.1 Å². The molecule has 136 valence electrons. The third kappa shape index (κ3) is 3.43. The molecule has 5 heteroatoms. The molecule has 1 fully saturated rings. The summed E-state index contributed by atoms with van der Waals surface area (Å²) in [5.74, 6) is -0.416. The van der Waals surface area contributed by atoms with Crippen LogP contribution < -0.4 is 0 Å². The average molecular weight is 362 g/mol. The summed E-state index contributed by atoms with van der Waals surface area (Å²) >= 11 is 0. The molecule has 27 heavy (non-hydrogen) atoms. The summed E-state index contributed by atoms with van der Waals surface area (Å²) in [4.78, 5) is 14.4. The van der Waals surface area contributed by atoms with Crippen molar-refractivity contribution in [2.45, 2.75) is 38.0 Å². The number of carbonyl (C=O) groups is 1. The number of ether oxygens (including phenoxy) is 1. The first-order valence-corrected chi connectivity index (χ1v) is 9.05. The highest BCUT2D eigenvalue weighted by Crippen LogP contribution is 2.39. The van der Waals surface area contributed by atoms with Crippen molar-refractivity contribution < 1.29 is 13.9 Å². The Hall–Kier alpha value is -3.13. The van der Waals surface area contributed by atoms with E-state index < -0.39 is 5.82 Å². The number of nitrogens with zero attached hydrogens (tertiary/aromatic N) is 2. The Morgan fingerprint density at radius 2 is 2.04 bits per heavy atom. The number of benzene rings is 2. The quantitative estimate of drug-likeness (QED) is 0.798. The zero-order chi connectivity index (χ0) is 18.8. The van der Waals surface area contributed by atoms with E-state index in [1.807, 2.05) is 41.3 Å². The predicted octanol–water partition coefficient (Wildman–Crippen LogP) is 4.65. The Labute approximate surface area is 157 Å². The topological polar surface area (TPSA) is 53.3 Å². The largest absolute Gasteiger partial charge is 0.445 e. The minimum Gasteiger partial charge on any atom is -0.445 e. The lowest BCUT2D eigenvalue weighted by atomic mass is 9.92. The highest BCUT2D eigenvalue weighted by molar-refractivity contribution is 5.77. The number of hydrogen-bond acceptors (Lipinski definition) is 3. The highest BCUT2D eigenvalue weighted by atomic mass is 19.1. The van der Waals surface area contributed by atoms with Gasteiger partial charge in [0.1, 0.15) is 12.4 Å². The fraction of sp³-hybridized carbons (Fsp3) is 0.273. The maximum absolute atomic E-state index is 13.4. The number of fused-ring (bicyclic) bond motifs is 2. The molecule has 2 aromatic rings. The second-order valence-corrected chi connectivity index (χ2v) is 6.94. The first-order chi connectivity index (χ1) is 13.2. The van der Waals surface area contributed by atoms with Gasteiger partial charge in [-0.15, -0.1) is 0 Å². The van der Waals surface area contributed by atoms with Gasteiger partial charge in [0.25, 0.3) is 0 Å². The van der Waals surface area contributed by atoms with Crippen LogP contribution in [0.25, 0.3) is 5.57 Å². The van der Waals surface area contributed by atoms with Crippen molar-refractivity contribution in [3.8, 4) is 6.07 Å². The van der Waals surface area contributed by atoms with Crippen LogP contribution in [0.4, 0.5) is 9.18 Å². The van der Waals surface area contributed by atoms with Gasteiger partial charge >= 0.3 is 6.09 Å². The van der Waals surface area contributed by atoms with Crippen LogP contribution in [0.5, 0.6) is 0 Å². The van der Waals surface area contributed by atoms with Gasteiger partial charge in [0.2, 0.25) is 0 Å². The van der Waals surface area contributed by atoms with Crippen LogP contribution in [0.2, 0.25) is 0 Å². The van der Waals surface area contributed by atoms with Gasteiger partial charge in [-0.25, -0.2) is 9.18 Å². The standard InChI is InChI=1S/C22H19FN2O2/c23-18-6-9-21(17(10-18)13-24)16-11-19-7-8-20(12-16)25(19)22(26)27-14-15-4-2-1-3-5-15/h1-6,9-11,19-20H,7-8,12,14H2. The summed E-state index contributed by atoms with van der Waals surface area (Å²) < 4.78 is 18.9. The lowest BCUT2D eigenvalue weighted by molar-refractivity contribution is 0.0832. The summed E-state index contributed by atoms with van der Waals surface area (Å²) in [7, 11) is 0. The Bertz CT molecular complexity index is 933. The molecule has 1 amide bonds. The predicted molar refractivity (Wildman–Crippen MR) is 99.0 cm³/mol. The Morgan fingerprint density at radius 1 is 1.22 bits per heavy atom. The van der Waals surface area contributed by atoms with E-state index in [-0.39, 0.29) is 24.8 Å². The van der Waals surface area contributed by atoms with Gasteiger partial charge in [-0.2, -0.15) is 5.26 Å². The molecule has 0 spiro atoms.